The van der Waals surface area contributed by atoms with Gasteiger partial charge in [-0.1, -0.05) is 13.3 Å². The minimum Gasteiger partial charge on any atom is -0.383 e. The van der Waals surface area contributed by atoms with E-state index in [0.717, 1.165) is 16.0 Å². The lowest BCUT2D eigenvalue weighted by Gasteiger charge is -2.21. The Morgan fingerprint density at radius 1 is 1.53 bits per heavy atom. The van der Waals surface area contributed by atoms with Crippen molar-refractivity contribution < 1.29 is 0 Å². The van der Waals surface area contributed by atoms with Crippen LogP contribution in [0, 0.1) is 0 Å². The molecule has 1 aromatic heterocycles. The van der Waals surface area contributed by atoms with Crippen molar-refractivity contribution in [2.24, 2.45) is 0 Å². The van der Waals surface area contributed by atoms with Crippen molar-refractivity contribution in [2.45, 2.75) is 37.5 Å². The second kappa shape index (κ2) is 5.91. The van der Waals surface area contributed by atoms with Gasteiger partial charge in [0, 0.05) is 11.3 Å². The highest BCUT2D eigenvalue weighted by Gasteiger charge is 2.27. The van der Waals surface area contributed by atoms with Gasteiger partial charge in [0.1, 0.15) is 22.4 Å². The number of hydrogen-bond donors (Lipinski definition) is 2. The van der Waals surface area contributed by atoms with Crippen LogP contribution in [0.3, 0.4) is 0 Å². The number of aromatic nitrogens is 2. The maximum absolute atomic E-state index is 5.75. The van der Waals surface area contributed by atoms with E-state index in [2.05, 4.69) is 38.1 Å². The zero-order valence-corrected chi connectivity index (χ0v) is 12.2. The Morgan fingerprint density at radius 3 is 3.12 bits per heavy atom. The molecule has 0 saturated heterocycles. The van der Waals surface area contributed by atoms with E-state index in [1.54, 1.807) is 0 Å². The van der Waals surface area contributed by atoms with Gasteiger partial charge in [-0.2, -0.15) is 11.8 Å². The van der Waals surface area contributed by atoms with Crippen LogP contribution < -0.4 is 11.1 Å². The minimum absolute atomic E-state index is 0.486. The number of thioether (sulfide) groups is 1. The van der Waals surface area contributed by atoms with E-state index in [1.165, 1.54) is 25.6 Å². The van der Waals surface area contributed by atoms with Crippen LogP contribution in [-0.2, 0) is 0 Å². The summed E-state index contributed by atoms with van der Waals surface area (Å²) in [5.41, 5.74) is 5.75. The van der Waals surface area contributed by atoms with Crippen molar-refractivity contribution in [3.8, 4) is 0 Å². The highest BCUT2D eigenvalue weighted by atomic mass is 79.9. The molecule has 1 aliphatic rings. The average Bonchev–Trinajstić information content (AvgIpc) is 2.73. The van der Waals surface area contributed by atoms with Crippen LogP contribution in [0.15, 0.2) is 10.8 Å². The van der Waals surface area contributed by atoms with Crippen LogP contribution in [0.1, 0.15) is 26.2 Å². The quantitative estimate of drug-likeness (QED) is 0.894. The number of nitrogens with zero attached hydrogens (tertiary/aromatic N) is 2. The molecule has 3 N–H and O–H groups in total. The van der Waals surface area contributed by atoms with E-state index >= 15 is 0 Å². The first-order chi connectivity index (χ1) is 8.22. The summed E-state index contributed by atoms with van der Waals surface area (Å²) in [7, 11) is 0. The number of nitrogens with two attached hydrogens (primary N) is 1. The maximum Gasteiger partial charge on any atom is 0.146 e. The van der Waals surface area contributed by atoms with Crippen molar-refractivity contribution >= 4 is 39.3 Å². The van der Waals surface area contributed by atoms with E-state index in [-0.39, 0.29) is 0 Å². The van der Waals surface area contributed by atoms with Gasteiger partial charge in [0.15, 0.2) is 0 Å². The Kier molecular flexibility index (Phi) is 4.50. The fourth-order valence-corrected chi connectivity index (χ4v) is 3.68. The van der Waals surface area contributed by atoms with Gasteiger partial charge in [-0.05, 0) is 34.5 Å². The van der Waals surface area contributed by atoms with Crippen molar-refractivity contribution in [1.82, 2.24) is 9.97 Å². The summed E-state index contributed by atoms with van der Waals surface area (Å²) < 4.78 is 0.771. The molecule has 0 bridgehead atoms. The average molecular weight is 317 g/mol. The van der Waals surface area contributed by atoms with Gasteiger partial charge in [-0.15, -0.1) is 0 Å². The van der Waals surface area contributed by atoms with E-state index in [4.69, 9.17) is 5.73 Å². The summed E-state index contributed by atoms with van der Waals surface area (Å²) in [4.78, 5) is 8.18. The largest absolute Gasteiger partial charge is 0.383 e. The van der Waals surface area contributed by atoms with Gasteiger partial charge in [-0.3, -0.25) is 0 Å². The first-order valence-electron chi connectivity index (χ1n) is 5.86. The number of halogens is 1. The highest BCUT2D eigenvalue weighted by Crippen LogP contribution is 2.33. The van der Waals surface area contributed by atoms with Gasteiger partial charge < -0.3 is 11.1 Å². The Labute approximate surface area is 114 Å². The van der Waals surface area contributed by atoms with Crippen molar-refractivity contribution in [1.29, 1.82) is 0 Å². The fourth-order valence-electron chi connectivity index (χ4n) is 2.16. The molecule has 1 aromatic rings. The molecule has 94 valence electrons. The van der Waals surface area contributed by atoms with Gasteiger partial charge in [0.25, 0.3) is 0 Å². The molecule has 6 heteroatoms. The summed E-state index contributed by atoms with van der Waals surface area (Å²) in [6.45, 7) is 2.21. The third-order valence-corrected chi connectivity index (χ3v) is 5.08. The topological polar surface area (TPSA) is 63.8 Å². The van der Waals surface area contributed by atoms with Crippen LogP contribution >= 0.6 is 27.7 Å². The SMILES string of the molecule is CCSC1CCCC1Nc1ncnc(N)c1Br. The highest BCUT2D eigenvalue weighted by molar-refractivity contribution is 9.10. The summed E-state index contributed by atoms with van der Waals surface area (Å²) in [5, 5.41) is 4.17. The Balaban J connectivity index is 2.07. The molecule has 0 aliphatic heterocycles. The van der Waals surface area contributed by atoms with E-state index in [1.807, 2.05) is 11.8 Å². The fraction of sp³-hybridized carbons (Fsp3) is 0.636. The number of hydrogen-bond acceptors (Lipinski definition) is 5. The molecule has 0 radical (unpaired) electrons. The standard InChI is InChI=1S/C11H17BrN4S/c1-2-17-8-5-3-4-7(8)16-11-9(12)10(13)14-6-15-11/h6-8H,2-5H2,1H3,(H3,13,14,15,16). The predicted molar refractivity (Wildman–Crippen MR) is 77.3 cm³/mol. The number of rotatable bonds is 4. The van der Waals surface area contributed by atoms with Crippen LogP contribution in [-0.4, -0.2) is 27.0 Å². The van der Waals surface area contributed by atoms with Crippen LogP contribution in [0.25, 0.3) is 0 Å². The van der Waals surface area contributed by atoms with Crippen molar-refractivity contribution in [2.75, 3.05) is 16.8 Å². The van der Waals surface area contributed by atoms with Crippen LogP contribution in [0.5, 0.6) is 0 Å². The smallest absolute Gasteiger partial charge is 0.146 e. The Hall–Kier alpha value is -0.490. The van der Waals surface area contributed by atoms with Crippen molar-refractivity contribution in [3.63, 3.8) is 0 Å². The summed E-state index contributed by atoms with van der Waals surface area (Å²) >= 11 is 5.45. The molecule has 2 rings (SSSR count). The Morgan fingerprint density at radius 2 is 2.35 bits per heavy atom. The molecule has 2 unspecified atom stereocenters. The van der Waals surface area contributed by atoms with E-state index in [9.17, 15) is 0 Å². The first-order valence-corrected chi connectivity index (χ1v) is 7.70. The van der Waals surface area contributed by atoms with Crippen LogP contribution in [0.2, 0.25) is 0 Å². The predicted octanol–water partition coefficient (Wildman–Crippen LogP) is 2.91. The molecular weight excluding hydrogens is 300 g/mol. The molecular formula is C11H17BrN4S. The first kappa shape index (κ1) is 13.0. The lowest BCUT2D eigenvalue weighted by atomic mass is 10.2. The third kappa shape index (κ3) is 3.04. The van der Waals surface area contributed by atoms with E-state index < -0.39 is 0 Å². The van der Waals surface area contributed by atoms with E-state index in [0.29, 0.717) is 17.1 Å². The zero-order valence-electron chi connectivity index (χ0n) is 9.82. The molecule has 1 fully saturated rings. The van der Waals surface area contributed by atoms with Crippen molar-refractivity contribution in [3.05, 3.63) is 10.8 Å². The summed E-state index contributed by atoms with van der Waals surface area (Å²) in [5.74, 6) is 2.46. The molecule has 2 atom stereocenters. The molecule has 0 amide bonds. The normalized spacial score (nSPS) is 23.9. The van der Waals surface area contributed by atoms with Crippen LogP contribution in [0.4, 0.5) is 11.6 Å². The summed E-state index contributed by atoms with van der Waals surface area (Å²) in [6, 6.07) is 0.491. The molecule has 0 spiro atoms. The lowest BCUT2D eigenvalue weighted by molar-refractivity contribution is 0.761. The van der Waals surface area contributed by atoms with Gasteiger partial charge in [0.2, 0.25) is 0 Å². The zero-order chi connectivity index (χ0) is 12.3. The lowest BCUT2D eigenvalue weighted by Crippen LogP contribution is -2.27. The second-order valence-electron chi connectivity index (χ2n) is 4.10. The maximum atomic E-state index is 5.75. The third-order valence-electron chi connectivity index (χ3n) is 2.97. The molecule has 0 aromatic carbocycles. The molecule has 4 nitrogen and oxygen atoms in total. The number of nitrogen functional groups attached to an aromatic ring is 1. The van der Waals surface area contributed by atoms with Gasteiger partial charge in [0.05, 0.1) is 0 Å². The number of anilines is 2. The minimum atomic E-state index is 0.486. The number of nitrogens with one attached hydrogen (secondary N) is 1. The molecule has 1 aliphatic carbocycles. The summed E-state index contributed by atoms with van der Waals surface area (Å²) in [6.07, 6.45) is 5.27. The molecule has 1 saturated carbocycles. The monoisotopic (exact) mass is 316 g/mol. The van der Waals surface area contributed by atoms with Gasteiger partial charge in [-0.25, -0.2) is 9.97 Å². The van der Waals surface area contributed by atoms with Gasteiger partial charge >= 0.3 is 0 Å². The Bertz CT molecular complexity index is 388. The molecule has 17 heavy (non-hydrogen) atoms. The second-order valence-corrected chi connectivity index (χ2v) is 6.41. The molecule has 1 heterocycles.